The summed E-state index contributed by atoms with van der Waals surface area (Å²) in [7, 11) is 5.03. The Bertz CT molecular complexity index is 547. The van der Waals surface area contributed by atoms with Gasteiger partial charge in [-0.2, -0.15) is 0 Å². The number of methoxy groups -OCH3 is 1. The van der Waals surface area contributed by atoms with Crippen LogP contribution < -0.4 is 20.7 Å². The molecule has 1 aromatic rings. The molecule has 3 N–H and O–H groups in total. The van der Waals surface area contributed by atoms with E-state index in [0.29, 0.717) is 12.5 Å². The van der Waals surface area contributed by atoms with Crippen LogP contribution >= 0.6 is 24.0 Å². The molecule has 0 radical (unpaired) electrons. The predicted molar refractivity (Wildman–Crippen MR) is 109 cm³/mol. The molecule has 0 bridgehead atoms. The van der Waals surface area contributed by atoms with E-state index in [9.17, 15) is 4.79 Å². The van der Waals surface area contributed by atoms with Gasteiger partial charge in [-0.15, -0.1) is 24.0 Å². The van der Waals surface area contributed by atoms with Gasteiger partial charge in [0.05, 0.1) is 12.5 Å². The number of carbonyl (C=O) groups is 1. The number of halogens is 1. The molecule has 0 aliphatic rings. The molecule has 136 valence electrons. The van der Waals surface area contributed by atoms with Crippen molar-refractivity contribution in [3.05, 3.63) is 29.8 Å². The highest BCUT2D eigenvalue weighted by molar-refractivity contribution is 14.0. The molecule has 1 rings (SSSR count). The zero-order chi connectivity index (χ0) is 17.3. The second-order valence-corrected chi connectivity index (χ2v) is 5.88. The number of amides is 1. The van der Waals surface area contributed by atoms with Crippen molar-refractivity contribution in [1.82, 2.24) is 16.0 Å². The summed E-state index contributed by atoms with van der Waals surface area (Å²) >= 11 is 0. The minimum atomic E-state index is -0.505. The number of benzene rings is 1. The number of guanidine groups is 1. The van der Waals surface area contributed by atoms with Gasteiger partial charge in [-0.3, -0.25) is 9.79 Å². The van der Waals surface area contributed by atoms with Crippen molar-refractivity contribution in [2.75, 3.05) is 34.3 Å². The molecule has 0 aromatic heterocycles. The molecular formula is C17H29IN4O2. The zero-order valence-electron chi connectivity index (χ0n) is 15.1. The van der Waals surface area contributed by atoms with Crippen molar-refractivity contribution in [3.63, 3.8) is 0 Å². The summed E-state index contributed by atoms with van der Waals surface area (Å²) in [5, 5.41) is 9.11. The van der Waals surface area contributed by atoms with Crippen LogP contribution in [0.2, 0.25) is 0 Å². The van der Waals surface area contributed by atoms with Gasteiger partial charge in [0.25, 0.3) is 0 Å². The highest BCUT2D eigenvalue weighted by Gasteiger charge is 2.26. The number of aliphatic imine (C=N–C) groups is 1. The molecule has 0 unspecified atom stereocenters. The first-order valence-electron chi connectivity index (χ1n) is 7.73. The zero-order valence-corrected chi connectivity index (χ0v) is 17.4. The molecule has 1 amide bonds. The summed E-state index contributed by atoms with van der Waals surface area (Å²) < 4.78 is 5.34. The van der Waals surface area contributed by atoms with E-state index in [-0.39, 0.29) is 29.9 Å². The third-order valence-electron chi connectivity index (χ3n) is 3.64. The molecule has 1 aromatic carbocycles. The fourth-order valence-electron chi connectivity index (χ4n) is 2.17. The van der Waals surface area contributed by atoms with Crippen molar-refractivity contribution in [2.45, 2.75) is 20.3 Å². The van der Waals surface area contributed by atoms with E-state index in [1.54, 1.807) is 21.2 Å². The van der Waals surface area contributed by atoms with Crippen LogP contribution in [0, 0.1) is 5.41 Å². The van der Waals surface area contributed by atoms with Crippen molar-refractivity contribution >= 4 is 35.8 Å². The maximum atomic E-state index is 11.8. The van der Waals surface area contributed by atoms with Crippen molar-refractivity contribution in [2.24, 2.45) is 10.4 Å². The van der Waals surface area contributed by atoms with Gasteiger partial charge in [-0.25, -0.2) is 0 Å². The van der Waals surface area contributed by atoms with Crippen LogP contribution in [0.4, 0.5) is 0 Å². The molecule has 0 aliphatic heterocycles. The quantitative estimate of drug-likeness (QED) is 0.338. The summed E-state index contributed by atoms with van der Waals surface area (Å²) in [5.41, 5.74) is 0.637. The van der Waals surface area contributed by atoms with E-state index in [2.05, 4.69) is 20.9 Å². The Morgan fingerprint density at radius 1 is 1.25 bits per heavy atom. The fourth-order valence-corrected chi connectivity index (χ4v) is 2.17. The Labute approximate surface area is 161 Å². The van der Waals surface area contributed by atoms with Gasteiger partial charge in [0.1, 0.15) is 5.75 Å². The Morgan fingerprint density at radius 3 is 2.50 bits per heavy atom. The first kappa shape index (κ1) is 22.5. The number of para-hydroxylation sites is 1. The summed E-state index contributed by atoms with van der Waals surface area (Å²) in [6, 6.07) is 7.95. The van der Waals surface area contributed by atoms with E-state index in [1.807, 2.05) is 38.1 Å². The van der Waals surface area contributed by atoms with Crippen LogP contribution in [0.3, 0.4) is 0 Å². The molecule has 0 spiro atoms. The highest BCUT2D eigenvalue weighted by atomic mass is 127. The monoisotopic (exact) mass is 448 g/mol. The van der Waals surface area contributed by atoms with E-state index < -0.39 is 5.41 Å². The summed E-state index contributed by atoms with van der Waals surface area (Å²) in [6.45, 7) is 5.00. The van der Waals surface area contributed by atoms with E-state index in [4.69, 9.17) is 4.74 Å². The predicted octanol–water partition coefficient (Wildman–Crippen LogP) is 1.79. The average Bonchev–Trinajstić information content (AvgIpc) is 2.57. The smallest absolute Gasteiger partial charge is 0.227 e. The number of hydrogen-bond acceptors (Lipinski definition) is 3. The molecule has 0 heterocycles. The van der Waals surface area contributed by atoms with Gasteiger partial charge in [-0.1, -0.05) is 18.2 Å². The van der Waals surface area contributed by atoms with Gasteiger partial charge in [-0.05, 0) is 31.9 Å². The van der Waals surface area contributed by atoms with Crippen LogP contribution in [-0.2, 0) is 11.2 Å². The summed E-state index contributed by atoms with van der Waals surface area (Å²) in [5.74, 6) is 1.56. The molecule has 7 heteroatoms. The van der Waals surface area contributed by atoms with Crippen LogP contribution in [0.15, 0.2) is 29.3 Å². The Hall–Kier alpha value is -1.51. The van der Waals surface area contributed by atoms with Gasteiger partial charge in [0.15, 0.2) is 5.96 Å². The number of carbonyl (C=O) groups excluding carboxylic acids is 1. The third kappa shape index (κ3) is 6.94. The molecule has 0 aliphatic carbocycles. The van der Waals surface area contributed by atoms with Crippen molar-refractivity contribution in [1.29, 1.82) is 0 Å². The van der Waals surface area contributed by atoms with Gasteiger partial charge in [0.2, 0.25) is 5.91 Å². The molecule has 0 atom stereocenters. The normalized spacial score (nSPS) is 11.3. The van der Waals surface area contributed by atoms with Crippen LogP contribution in [-0.4, -0.2) is 46.2 Å². The van der Waals surface area contributed by atoms with Gasteiger partial charge < -0.3 is 20.7 Å². The molecule has 0 fully saturated rings. The minimum absolute atomic E-state index is 0. The summed E-state index contributed by atoms with van der Waals surface area (Å²) in [4.78, 5) is 16.0. The highest BCUT2D eigenvalue weighted by Crippen LogP contribution is 2.17. The lowest BCUT2D eigenvalue weighted by Crippen LogP contribution is -2.47. The van der Waals surface area contributed by atoms with E-state index >= 15 is 0 Å². The molecule has 6 nitrogen and oxygen atoms in total. The van der Waals surface area contributed by atoms with E-state index in [0.717, 1.165) is 24.3 Å². The van der Waals surface area contributed by atoms with Crippen LogP contribution in [0.1, 0.15) is 19.4 Å². The van der Waals surface area contributed by atoms with Crippen LogP contribution in [0.25, 0.3) is 0 Å². The number of hydrogen-bond donors (Lipinski definition) is 3. The molecular weight excluding hydrogens is 419 g/mol. The maximum absolute atomic E-state index is 11.8. The maximum Gasteiger partial charge on any atom is 0.227 e. The number of rotatable bonds is 7. The fraction of sp³-hybridized carbons (Fsp3) is 0.529. The van der Waals surface area contributed by atoms with Crippen molar-refractivity contribution < 1.29 is 9.53 Å². The average molecular weight is 448 g/mol. The number of nitrogens with one attached hydrogen (secondary N) is 3. The first-order valence-corrected chi connectivity index (χ1v) is 7.73. The lowest BCUT2D eigenvalue weighted by atomic mass is 9.92. The largest absolute Gasteiger partial charge is 0.496 e. The Morgan fingerprint density at radius 2 is 1.92 bits per heavy atom. The summed E-state index contributed by atoms with van der Waals surface area (Å²) in [6.07, 6.45) is 0.823. The molecule has 24 heavy (non-hydrogen) atoms. The van der Waals surface area contributed by atoms with Gasteiger partial charge >= 0.3 is 0 Å². The Balaban J connectivity index is 0.00000529. The Kier molecular flexibility index (Phi) is 10.4. The van der Waals surface area contributed by atoms with Gasteiger partial charge in [0, 0.05) is 27.2 Å². The first-order chi connectivity index (χ1) is 10.9. The topological polar surface area (TPSA) is 74.8 Å². The lowest BCUT2D eigenvalue weighted by Gasteiger charge is -2.24. The second kappa shape index (κ2) is 11.1. The SMILES string of the molecule is CN=C(NCCc1ccccc1OC)NCC(C)(C)C(=O)NC.I. The minimum Gasteiger partial charge on any atom is -0.496 e. The van der Waals surface area contributed by atoms with Crippen LogP contribution in [0.5, 0.6) is 5.75 Å². The third-order valence-corrected chi connectivity index (χ3v) is 3.64. The number of nitrogens with zero attached hydrogens (tertiary/aromatic N) is 1. The van der Waals surface area contributed by atoms with Crippen molar-refractivity contribution in [3.8, 4) is 5.75 Å². The standard InChI is InChI=1S/C17H28N4O2.HI/c1-17(2,15(22)18-3)12-21-16(19-4)20-11-10-13-8-6-7-9-14(13)23-5;/h6-9H,10-12H2,1-5H3,(H,18,22)(H2,19,20,21);1H. The molecule has 0 saturated carbocycles. The molecule has 0 saturated heterocycles. The van der Waals surface area contributed by atoms with E-state index in [1.165, 1.54) is 0 Å². The lowest BCUT2D eigenvalue weighted by molar-refractivity contribution is -0.128. The number of ether oxygens (including phenoxy) is 1. The second-order valence-electron chi connectivity index (χ2n) is 5.88.